The molecule has 4 unspecified atom stereocenters. The minimum absolute atomic E-state index is 0.0605. The summed E-state index contributed by atoms with van der Waals surface area (Å²) >= 11 is 5.46. The number of fused-ring (bicyclic) bond motifs is 2. The molecule has 154 valence electrons. The second-order valence-electron chi connectivity index (χ2n) is 6.87. The van der Waals surface area contributed by atoms with Gasteiger partial charge in [-0.05, 0) is 6.07 Å². The van der Waals surface area contributed by atoms with E-state index in [2.05, 4.69) is 15.3 Å². The number of anilines is 1. The summed E-state index contributed by atoms with van der Waals surface area (Å²) in [6, 6.07) is 7.53. The molecule has 1 aromatic carbocycles. The summed E-state index contributed by atoms with van der Waals surface area (Å²) < 4.78 is 25.1. The van der Waals surface area contributed by atoms with E-state index in [0.717, 1.165) is 11.4 Å². The van der Waals surface area contributed by atoms with Crippen LogP contribution >= 0.6 is 6.72 Å². The Bertz CT molecular complexity index is 1010. The zero-order chi connectivity index (χ0) is 20.0. The van der Waals surface area contributed by atoms with E-state index >= 15 is 0 Å². The molecule has 12 heteroatoms. The molecule has 4 N–H and O–H groups in total. The number of aliphatic imine (C=N–C) groups is 1. The van der Waals surface area contributed by atoms with E-state index in [0.29, 0.717) is 37.0 Å². The lowest BCUT2D eigenvalue weighted by Crippen LogP contribution is -2.27. The quantitative estimate of drug-likeness (QED) is 0.610. The fourth-order valence-electron chi connectivity index (χ4n) is 3.49. The van der Waals surface area contributed by atoms with Crippen molar-refractivity contribution in [3.05, 3.63) is 41.9 Å². The number of benzene rings is 1. The standard InChI is InChI=1S/C17H20N5O5PS/c18-16-15-17(20-8-19-16)22(9-21-15)14-5-11(23)13(26-14)7-25-28(29)24-6-10-3-1-2-4-12(10)27-28/h1-4,9,11,13-14,20,23H,5-8H2,(H2,18,19). The Hall–Kier alpha value is -2.01. The summed E-state index contributed by atoms with van der Waals surface area (Å²) in [6.45, 7) is -2.19. The molecule has 0 amide bonds. The number of aliphatic hydroxyl groups excluding tert-OH is 1. The number of aliphatic hydroxyl groups is 1. The van der Waals surface area contributed by atoms with Gasteiger partial charge in [-0.1, -0.05) is 18.2 Å². The van der Waals surface area contributed by atoms with Gasteiger partial charge < -0.3 is 25.4 Å². The Labute approximate surface area is 171 Å². The number of hydrogen-bond acceptors (Lipinski definition) is 10. The van der Waals surface area contributed by atoms with Gasteiger partial charge in [-0.2, -0.15) is 0 Å². The number of aromatic nitrogens is 2. The highest BCUT2D eigenvalue weighted by Gasteiger charge is 2.39. The maximum absolute atomic E-state index is 10.5. The molecule has 4 atom stereocenters. The van der Waals surface area contributed by atoms with Gasteiger partial charge >= 0.3 is 6.72 Å². The van der Waals surface area contributed by atoms with E-state index in [9.17, 15) is 5.11 Å². The van der Waals surface area contributed by atoms with Crippen molar-refractivity contribution in [1.82, 2.24) is 9.55 Å². The van der Waals surface area contributed by atoms with Crippen molar-refractivity contribution in [3.8, 4) is 5.75 Å². The van der Waals surface area contributed by atoms with Gasteiger partial charge in [-0.3, -0.25) is 13.6 Å². The Morgan fingerprint density at radius 3 is 3.17 bits per heavy atom. The fraction of sp³-hybridized carbons (Fsp3) is 0.412. The summed E-state index contributed by atoms with van der Waals surface area (Å²) in [5.74, 6) is 1.77. The smallest absolute Gasteiger partial charge is 0.381 e. The van der Waals surface area contributed by atoms with Crippen LogP contribution < -0.4 is 15.6 Å². The monoisotopic (exact) mass is 437 g/mol. The molecule has 2 aromatic rings. The predicted molar refractivity (Wildman–Crippen MR) is 108 cm³/mol. The zero-order valence-electron chi connectivity index (χ0n) is 15.3. The summed E-state index contributed by atoms with van der Waals surface area (Å²) in [6.07, 6.45) is 0.283. The Morgan fingerprint density at radius 1 is 1.41 bits per heavy atom. The van der Waals surface area contributed by atoms with Crippen LogP contribution in [-0.2, 0) is 32.2 Å². The van der Waals surface area contributed by atoms with E-state index in [1.54, 1.807) is 6.33 Å². The molecule has 29 heavy (non-hydrogen) atoms. The van der Waals surface area contributed by atoms with Gasteiger partial charge in [0.1, 0.15) is 42.1 Å². The first kappa shape index (κ1) is 19.0. The third-order valence-electron chi connectivity index (χ3n) is 5.00. The van der Waals surface area contributed by atoms with Crippen LogP contribution in [-0.4, -0.2) is 46.0 Å². The van der Waals surface area contributed by atoms with Crippen LogP contribution in [0.2, 0.25) is 0 Å². The second-order valence-corrected chi connectivity index (χ2v) is 9.81. The van der Waals surface area contributed by atoms with Crippen molar-refractivity contribution in [1.29, 1.82) is 0 Å². The van der Waals surface area contributed by atoms with Crippen LogP contribution in [0.3, 0.4) is 0 Å². The van der Waals surface area contributed by atoms with Gasteiger partial charge in [-0.25, -0.2) is 9.98 Å². The Kier molecular flexibility index (Phi) is 4.81. The van der Waals surface area contributed by atoms with Crippen LogP contribution in [0, 0.1) is 0 Å². The normalized spacial score (nSPS) is 30.7. The molecule has 1 fully saturated rings. The van der Waals surface area contributed by atoms with Gasteiger partial charge in [0.25, 0.3) is 0 Å². The summed E-state index contributed by atoms with van der Waals surface area (Å²) in [4.78, 5) is 8.39. The van der Waals surface area contributed by atoms with E-state index in [-0.39, 0.29) is 6.61 Å². The maximum atomic E-state index is 10.5. The van der Waals surface area contributed by atoms with Gasteiger partial charge in [-0.15, -0.1) is 0 Å². The average molecular weight is 437 g/mol. The molecule has 1 aromatic heterocycles. The molecule has 4 heterocycles. The van der Waals surface area contributed by atoms with E-state index < -0.39 is 25.2 Å². The Morgan fingerprint density at radius 2 is 2.28 bits per heavy atom. The van der Waals surface area contributed by atoms with Gasteiger partial charge in [0, 0.05) is 23.8 Å². The van der Waals surface area contributed by atoms with Crippen molar-refractivity contribution >= 4 is 30.2 Å². The third-order valence-corrected chi connectivity index (χ3v) is 7.19. The molecule has 0 spiro atoms. The first-order valence-electron chi connectivity index (χ1n) is 9.13. The largest absolute Gasteiger partial charge is 0.424 e. The van der Waals surface area contributed by atoms with Gasteiger partial charge in [0.05, 0.1) is 25.6 Å². The molecule has 1 saturated heterocycles. The summed E-state index contributed by atoms with van der Waals surface area (Å²) in [5, 5.41) is 13.6. The summed E-state index contributed by atoms with van der Waals surface area (Å²) in [7, 11) is 0. The van der Waals surface area contributed by atoms with Crippen LogP contribution in [0.4, 0.5) is 5.82 Å². The molecule has 0 bridgehead atoms. The van der Waals surface area contributed by atoms with Crippen LogP contribution in [0.15, 0.2) is 35.6 Å². The number of imidazole rings is 1. The zero-order valence-corrected chi connectivity index (χ0v) is 17.0. The molecule has 5 rings (SSSR count). The first-order valence-corrected chi connectivity index (χ1v) is 11.7. The van der Waals surface area contributed by atoms with Crippen LogP contribution in [0.5, 0.6) is 5.75 Å². The fourth-order valence-corrected chi connectivity index (χ4v) is 5.30. The van der Waals surface area contributed by atoms with Crippen molar-refractivity contribution in [3.63, 3.8) is 0 Å². The second kappa shape index (κ2) is 7.35. The number of nitrogens with two attached hydrogens (primary N) is 1. The molecule has 0 aliphatic carbocycles. The molecule has 0 radical (unpaired) electrons. The highest BCUT2D eigenvalue weighted by atomic mass is 32.5. The number of ether oxygens (including phenoxy) is 1. The first-order chi connectivity index (χ1) is 14.0. The van der Waals surface area contributed by atoms with E-state index in [4.69, 9.17) is 35.8 Å². The van der Waals surface area contributed by atoms with E-state index in [1.807, 2.05) is 28.8 Å². The minimum Gasteiger partial charge on any atom is -0.424 e. The molecule has 10 nitrogen and oxygen atoms in total. The van der Waals surface area contributed by atoms with Crippen molar-refractivity contribution in [2.75, 3.05) is 18.6 Å². The lowest BCUT2D eigenvalue weighted by Gasteiger charge is -2.29. The van der Waals surface area contributed by atoms with Crippen molar-refractivity contribution < 1.29 is 23.4 Å². The average Bonchev–Trinajstić information content (AvgIpc) is 3.30. The Balaban J connectivity index is 1.25. The molecular formula is C17H20N5O5PS. The minimum atomic E-state index is -2.95. The van der Waals surface area contributed by atoms with Crippen LogP contribution in [0.1, 0.15) is 23.9 Å². The predicted octanol–water partition coefficient (Wildman–Crippen LogP) is 1.47. The number of nitrogens with one attached hydrogen (secondary N) is 1. The lowest BCUT2D eigenvalue weighted by molar-refractivity contribution is -0.0417. The highest BCUT2D eigenvalue weighted by molar-refractivity contribution is 8.07. The number of para-hydroxylation sites is 1. The highest BCUT2D eigenvalue weighted by Crippen LogP contribution is 2.55. The van der Waals surface area contributed by atoms with Gasteiger partial charge in [0.15, 0.2) is 0 Å². The SMILES string of the molecule is NC1=NCNc2c1ncn2C1CC(O)C(COP2(=S)OCc3ccccc3O2)O1. The van der Waals surface area contributed by atoms with Crippen LogP contribution in [0.25, 0.3) is 0 Å². The van der Waals surface area contributed by atoms with Crippen molar-refractivity contribution in [2.24, 2.45) is 10.7 Å². The summed E-state index contributed by atoms with van der Waals surface area (Å²) in [5.41, 5.74) is 7.38. The molecule has 0 saturated carbocycles. The van der Waals surface area contributed by atoms with Gasteiger partial charge in [0.2, 0.25) is 0 Å². The topological polar surface area (TPSA) is 125 Å². The molecule has 3 aliphatic heterocycles. The number of nitrogens with zero attached hydrogens (tertiary/aromatic N) is 3. The lowest BCUT2D eigenvalue weighted by atomic mass is 10.2. The van der Waals surface area contributed by atoms with Crippen molar-refractivity contribution in [2.45, 2.75) is 31.5 Å². The molecule has 3 aliphatic rings. The number of amidine groups is 1. The number of rotatable bonds is 4. The number of hydrogen-bond donors (Lipinski definition) is 3. The molecular weight excluding hydrogens is 417 g/mol. The maximum Gasteiger partial charge on any atom is 0.381 e. The third kappa shape index (κ3) is 3.54. The van der Waals surface area contributed by atoms with E-state index in [1.165, 1.54) is 0 Å².